The third kappa shape index (κ3) is 4.59. The van der Waals surface area contributed by atoms with Crippen LogP contribution >= 0.6 is 23.2 Å². The molecule has 1 unspecified atom stereocenters. The fourth-order valence-corrected chi connectivity index (χ4v) is 4.74. The van der Waals surface area contributed by atoms with Crippen molar-refractivity contribution in [3.8, 4) is 0 Å². The number of amides is 4. The number of hydrogen-bond acceptors (Lipinski definition) is 3. The molecule has 1 saturated heterocycles. The number of carbonyl (C=O) groups is 3. The standard InChI is InChI=1S/C22H29Cl2N3O3/c1-13(14-5-6-16(23)17(24)11-14)25-18(28)12-27-19(29)22(26-20(27)30)9-7-15(8-10-22)21(2,3)4/h5-6,11,13,15H,7-10,12H2,1-4H3,(H,25,28)(H,26,30). The molecule has 1 aromatic rings. The van der Waals surface area contributed by atoms with E-state index in [1.54, 1.807) is 25.1 Å². The zero-order valence-electron chi connectivity index (χ0n) is 17.9. The summed E-state index contributed by atoms with van der Waals surface area (Å²) in [5.41, 5.74) is 0.0917. The molecule has 3 rings (SSSR count). The van der Waals surface area contributed by atoms with Crippen LogP contribution in [0, 0.1) is 11.3 Å². The molecule has 1 aliphatic heterocycles. The second kappa shape index (κ2) is 8.39. The zero-order chi connectivity index (χ0) is 22.3. The Hall–Kier alpha value is -1.79. The quantitative estimate of drug-likeness (QED) is 0.648. The van der Waals surface area contributed by atoms with E-state index in [2.05, 4.69) is 31.4 Å². The first-order valence-electron chi connectivity index (χ1n) is 10.3. The molecule has 30 heavy (non-hydrogen) atoms. The van der Waals surface area contributed by atoms with Gasteiger partial charge in [-0.1, -0.05) is 50.0 Å². The van der Waals surface area contributed by atoms with Crippen LogP contribution in [0.1, 0.15) is 65.0 Å². The molecule has 1 saturated carbocycles. The van der Waals surface area contributed by atoms with E-state index >= 15 is 0 Å². The molecule has 1 aromatic carbocycles. The highest BCUT2D eigenvalue weighted by Gasteiger charge is 2.53. The Morgan fingerprint density at radius 1 is 1.23 bits per heavy atom. The van der Waals surface area contributed by atoms with Crippen molar-refractivity contribution in [1.29, 1.82) is 0 Å². The Morgan fingerprint density at radius 2 is 1.87 bits per heavy atom. The summed E-state index contributed by atoms with van der Waals surface area (Å²) in [7, 11) is 0. The van der Waals surface area contributed by atoms with Crippen molar-refractivity contribution in [2.75, 3.05) is 6.54 Å². The highest BCUT2D eigenvalue weighted by Crippen LogP contribution is 2.43. The predicted molar refractivity (Wildman–Crippen MR) is 117 cm³/mol. The van der Waals surface area contributed by atoms with E-state index in [-0.39, 0.29) is 23.9 Å². The molecular weight excluding hydrogens is 425 g/mol. The predicted octanol–water partition coefficient (Wildman–Crippen LogP) is 4.70. The number of urea groups is 1. The number of benzene rings is 1. The van der Waals surface area contributed by atoms with Gasteiger partial charge in [0.05, 0.1) is 16.1 Å². The minimum absolute atomic E-state index is 0.174. The Kier molecular flexibility index (Phi) is 6.40. The molecule has 0 bridgehead atoms. The number of imide groups is 1. The summed E-state index contributed by atoms with van der Waals surface area (Å²) in [4.78, 5) is 39.1. The first kappa shape index (κ1) is 22.9. The summed E-state index contributed by atoms with van der Waals surface area (Å²) in [6.45, 7) is 8.11. The van der Waals surface area contributed by atoms with Crippen LogP contribution in [0.25, 0.3) is 0 Å². The zero-order valence-corrected chi connectivity index (χ0v) is 19.4. The SMILES string of the molecule is CC(NC(=O)CN1C(=O)NC2(CCC(C(C)(C)C)CC2)C1=O)c1ccc(Cl)c(Cl)c1. The Bertz CT molecular complexity index is 858. The second-order valence-corrected chi connectivity index (χ2v) is 10.3. The van der Waals surface area contributed by atoms with E-state index in [0.717, 1.165) is 23.3 Å². The monoisotopic (exact) mass is 453 g/mol. The number of hydrogen-bond donors (Lipinski definition) is 2. The van der Waals surface area contributed by atoms with E-state index in [1.165, 1.54) is 0 Å². The first-order valence-corrected chi connectivity index (χ1v) is 11.1. The highest BCUT2D eigenvalue weighted by atomic mass is 35.5. The second-order valence-electron chi connectivity index (χ2n) is 9.51. The topological polar surface area (TPSA) is 78.5 Å². The summed E-state index contributed by atoms with van der Waals surface area (Å²) in [6, 6.07) is 4.29. The maximum atomic E-state index is 13.1. The third-order valence-corrected chi connectivity index (χ3v) is 7.17. The van der Waals surface area contributed by atoms with Crippen LogP contribution in [-0.2, 0) is 9.59 Å². The minimum Gasteiger partial charge on any atom is -0.348 e. The van der Waals surface area contributed by atoms with Gasteiger partial charge < -0.3 is 10.6 Å². The van der Waals surface area contributed by atoms with Crippen molar-refractivity contribution in [3.05, 3.63) is 33.8 Å². The van der Waals surface area contributed by atoms with Crippen molar-refractivity contribution >= 4 is 41.0 Å². The number of nitrogens with zero attached hydrogens (tertiary/aromatic N) is 1. The molecule has 2 fully saturated rings. The average Bonchev–Trinajstić information content (AvgIpc) is 2.87. The average molecular weight is 454 g/mol. The van der Waals surface area contributed by atoms with Crippen LogP contribution in [0.15, 0.2) is 18.2 Å². The summed E-state index contributed by atoms with van der Waals surface area (Å²) in [6.07, 6.45) is 2.97. The molecule has 4 amide bonds. The molecule has 0 radical (unpaired) electrons. The van der Waals surface area contributed by atoms with E-state index in [1.807, 2.05) is 0 Å². The van der Waals surface area contributed by atoms with Gasteiger partial charge in [-0.05, 0) is 61.6 Å². The molecule has 2 N–H and O–H groups in total. The molecule has 164 valence electrons. The smallest absolute Gasteiger partial charge is 0.325 e. The molecule has 6 nitrogen and oxygen atoms in total. The number of rotatable bonds is 4. The van der Waals surface area contributed by atoms with Gasteiger partial charge in [-0.2, -0.15) is 0 Å². The normalized spacial score (nSPS) is 25.4. The van der Waals surface area contributed by atoms with E-state index in [9.17, 15) is 14.4 Å². The summed E-state index contributed by atoms with van der Waals surface area (Å²) >= 11 is 12.0. The maximum absolute atomic E-state index is 13.1. The van der Waals surface area contributed by atoms with Crippen LogP contribution < -0.4 is 10.6 Å². The van der Waals surface area contributed by atoms with Crippen LogP contribution in [0.2, 0.25) is 10.0 Å². The fourth-order valence-electron chi connectivity index (χ4n) is 4.43. The van der Waals surface area contributed by atoms with Crippen molar-refractivity contribution < 1.29 is 14.4 Å². The fraction of sp³-hybridized carbons (Fsp3) is 0.591. The van der Waals surface area contributed by atoms with Crippen LogP contribution in [0.4, 0.5) is 4.79 Å². The number of nitrogens with one attached hydrogen (secondary N) is 2. The van der Waals surface area contributed by atoms with Gasteiger partial charge in [0.2, 0.25) is 5.91 Å². The lowest BCUT2D eigenvalue weighted by molar-refractivity contribution is -0.136. The molecule has 1 heterocycles. The Morgan fingerprint density at radius 3 is 2.43 bits per heavy atom. The van der Waals surface area contributed by atoms with Gasteiger partial charge in [0.15, 0.2) is 0 Å². The molecule has 2 aliphatic rings. The van der Waals surface area contributed by atoms with E-state index in [4.69, 9.17) is 23.2 Å². The first-order chi connectivity index (χ1) is 13.9. The van der Waals surface area contributed by atoms with E-state index < -0.39 is 17.5 Å². The lowest BCUT2D eigenvalue weighted by Crippen LogP contribution is -2.51. The minimum atomic E-state index is -0.867. The summed E-state index contributed by atoms with van der Waals surface area (Å²) in [5, 5.41) is 6.52. The third-order valence-electron chi connectivity index (χ3n) is 6.43. The lowest BCUT2D eigenvalue weighted by Gasteiger charge is -2.40. The molecular formula is C22H29Cl2N3O3. The van der Waals surface area contributed by atoms with Crippen molar-refractivity contribution in [3.63, 3.8) is 0 Å². The van der Waals surface area contributed by atoms with Gasteiger partial charge in [0.1, 0.15) is 12.1 Å². The molecule has 1 spiro atoms. The Labute approximate surface area is 187 Å². The number of halogens is 2. The van der Waals surface area contributed by atoms with Gasteiger partial charge in [-0.3, -0.25) is 14.5 Å². The molecule has 1 aliphatic carbocycles. The number of carbonyl (C=O) groups excluding carboxylic acids is 3. The van der Waals surface area contributed by atoms with Crippen LogP contribution in [0.3, 0.4) is 0 Å². The van der Waals surface area contributed by atoms with Crippen LogP contribution in [-0.4, -0.2) is 34.8 Å². The van der Waals surface area contributed by atoms with Crippen molar-refractivity contribution in [2.45, 2.75) is 65.0 Å². The van der Waals surface area contributed by atoms with E-state index in [0.29, 0.717) is 28.8 Å². The largest absolute Gasteiger partial charge is 0.348 e. The maximum Gasteiger partial charge on any atom is 0.325 e. The molecule has 1 atom stereocenters. The van der Waals surface area contributed by atoms with Gasteiger partial charge in [-0.25, -0.2) is 4.79 Å². The summed E-state index contributed by atoms with van der Waals surface area (Å²) < 4.78 is 0. The molecule has 8 heteroatoms. The highest BCUT2D eigenvalue weighted by molar-refractivity contribution is 6.42. The summed E-state index contributed by atoms with van der Waals surface area (Å²) in [5.74, 6) is -0.188. The van der Waals surface area contributed by atoms with Crippen LogP contribution in [0.5, 0.6) is 0 Å². The van der Waals surface area contributed by atoms with Gasteiger partial charge in [0.25, 0.3) is 5.91 Å². The van der Waals surface area contributed by atoms with Gasteiger partial charge in [0, 0.05) is 0 Å². The molecule has 0 aromatic heterocycles. The van der Waals surface area contributed by atoms with Crippen molar-refractivity contribution in [1.82, 2.24) is 15.5 Å². The Balaban J connectivity index is 1.61. The van der Waals surface area contributed by atoms with Crippen molar-refractivity contribution in [2.24, 2.45) is 11.3 Å². The van der Waals surface area contributed by atoms with Gasteiger partial charge >= 0.3 is 6.03 Å². The lowest BCUT2D eigenvalue weighted by atomic mass is 9.67. The van der Waals surface area contributed by atoms with Gasteiger partial charge in [-0.15, -0.1) is 0 Å².